The Labute approximate surface area is 206 Å². The summed E-state index contributed by atoms with van der Waals surface area (Å²) in [4.78, 5) is 4.67. The molecule has 1 atom stereocenters. The number of benzene rings is 3. The number of aromatic hydroxyl groups is 1. The average Bonchev–Trinajstić information content (AvgIpc) is 2.87. The lowest BCUT2D eigenvalue weighted by Gasteiger charge is -2.39. The van der Waals surface area contributed by atoms with Gasteiger partial charge in [0.15, 0.2) is 0 Å². The van der Waals surface area contributed by atoms with E-state index in [1.165, 1.54) is 28.8 Å². The molecular weight excluding hydrogens is 443 g/mol. The monoisotopic (exact) mass is 476 g/mol. The SMILES string of the molecule is Oc1ccc2c(c1)CCN(c1ccc(F)cc1)C2Cc1ccc(OCCN2CCC(O)CC2)cc1. The van der Waals surface area contributed by atoms with Gasteiger partial charge in [-0.1, -0.05) is 18.2 Å². The average molecular weight is 477 g/mol. The first kappa shape index (κ1) is 23.6. The van der Waals surface area contributed by atoms with E-state index in [-0.39, 0.29) is 18.0 Å². The molecule has 184 valence electrons. The molecule has 3 aromatic rings. The van der Waals surface area contributed by atoms with Crippen LogP contribution in [0.5, 0.6) is 11.5 Å². The van der Waals surface area contributed by atoms with Crippen molar-refractivity contribution in [1.29, 1.82) is 0 Å². The summed E-state index contributed by atoms with van der Waals surface area (Å²) >= 11 is 0. The topological polar surface area (TPSA) is 56.2 Å². The predicted molar refractivity (Wildman–Crippen MR) is 136 cm³/mol. The number of fused-ring (bicyclic) bond motifs is 1. The van der Waals surface area contributed by atoms with Crippen molar-refractivity contribution in [3.63, 3.8) is 0 Å². The molecule has 3 aromatic carbocycles. The van der Waals surface area contributed by atoms with Crippen molar-refractivity contribution in [1.82, 2.24) is 4.90 Å². The van der Waals surface area contributed by atoms with E-state index >= 15 is 0 Å². The minimum absolute atomic E-state index is 0.0889. The number of aliphatic hydroxyl groups excluding tert-OH is 1. The molecule has 0 spiro atoms. The molecule has 35 heavy (non-hydrogen) atoms. The largest absolute Gasteiger partial charge is 0.508 e. The van der Waals surface area contributed by atoms with Crippen molar-refractivity contribution in [2.24, 2.45) is 0 Å². The Morgan fingerprint density at radius 1 is 0.914 bits per heavy atom. The standard InChI is InChI=1S/C29H33FN2O3/c30-23-3-5-24(6-4-23)32-16-11-22-20-26(34)7-10-28(22)29(32)19-21-1-8-27(9-2-21)35-18-17-31-14-12-25(33)13-15-31/h1-10,20,25,29,33-34H,11-19H2. The van der Waals surface area contributed by atoms with Crippen molar-refractivity contribution in [3.8, 4) is 11.5 Å². The maximum atomic E-state index is 13.6. The fourth-order valence-electron chi connectivity index (χ4n) is 5.24. The summed E-state index contributed by atoms with van der Waals surface area (Å²) in [6.07, 6.45) is 3.16. The third kappa shape index (κ3) is 5.77. The molecule has 2 N–H and O–H groups in total. The smallest absolute Gasteiger partial charge is 0.123 e. The van der Waals surface area contributed by atoms with Gasteiger partial charge in [-0.2, -0.15) is 0 Å². The van der Waals surface area contributed by atoms with E-state index in [1.54, 1.807) is 6.07 Å². The van der Waals surface area contributed by atoms with Crippen LogP contribution >= 0.6 is 0 Å². The molecule has 0 aromatic heterocycles. The van der Waals surface area contributed by atoms with Gasteiger partial charge in [-0.05, 0) is 90.9 Å². The number of anilines is 1. The van der Waals surface area contributed by atoms with E-state index in [1.807, 2.05) is 36.4 Å². The summed E-state index contributed by atoms with van der Waals surface area (Å²) in [6, 6.07) is 20.7. The highest BCUT2D eigenvalue weighted by Crippen LogP contribution is 2.37. The van der Waals surface area contributed by atoms with Crippen molar-refractivity contribution in [3.05, 3.63) is 89.2 Å². The molecule has 1 unspecified atom stereocenters. The van der Waals surface area contributed by atoms with E-state index in [4.69, 9.17) is 4.74 Å². The third-order valence-corrected chi connectivity index (χ3v) is 7.23. The first-order valence-electron chi connectivity index (χ1n) is 12.5. The molecule has 0 radical (unpaired) electrons. The Morgan fingerprint density at radius 3 is 2.40 bits per heavy atom. The number of phenolic OH excluding ortho intramolecular Hbond substituents is 1. The lowest BCUT2D eigenvalue weighted by atomic mass is 9.88. The van der Waals surface area contributed by atoms with Gasteiger partial charge in [0.1, 0.15) is 23.9 Å². The second-order valence-corrected chi connectivity index (χ2v) is 9.59. The molecule has 1 saturated heterocycles. The zero-order chi connectivity index (χ0) is 24.2. The molecule has 0 bridgehead atoms. The number of likely N-dealkylation sites (tertiary alicyclic amines) is 1. The van der Waals surface area contributed by atoms with Gasteiger partial charge in [0.2, 0.25) is 0 Å². The van der Waals surface area contributed by atoms with Gasteiger partial charge in [-0.15, -0.1) is 0 Å². The Kier molecular flexibility index (Phi) is 7.21. The van der Waals surface area contributed by atoms with Crippen LogP contribution in [0.3, 0.4) is 0 Å². The van der Waals surface area contributed by atoms with E-state index in [2.05, 4.69) is 21.9 Å². The van der Waals surface area contributed by atoms with Gasteiger partial charge >= 0.3 is 0 Å². The van der Waals surface area contributed by atoms with Crippen LogP contribution in [-0.2, 0) is 12.8 Å². The highest BCUT2D eigenvalue weighted by molar-refractivity contribution is 5.53. The second-order valence-electron chi connectivity index (χ2n) is 9.59. The second kappa shape index (κ2) is 10.7. The van der Waals surface area contributed by atoms with Gasteiger partial charge in [0.25, 0.3) is 0 Å². The van der Waals surface area contributed by atoms with Crippen molar-refractivity contribution in [2.45, 2.75) is 37.8 Å². The number of rotatable bonds is 7. The van der Waals surface area contributed by atoms with Crippen molar-refractivity contribution < 1.29 is 19.3 Å². The van der Waals surface area contributed by atoms with E-state index in [0.29, 0.717) is 12.4 Å². The number of piperidine rings is 1. The molecule has 1 fully saturated rings. The number of phenols is 1. The number of halogens is 1. The number of ether oxygens (including phenoxy) is 1. The van der Waals surface area contributed by atoms with Gasteiger partial charge in [-0.25, -0.2) is 4.39 Å². The molecule has 0 saturated carbocycles. The minimum Gasteiger partial charge on any atom is -0.508 e. The molecule has 2 aliphatic heterocycles. The Morgan fingerprint density at radius 2 is 1.66 bits per heavy atom. The minimum atomic E-state index is -0.235. The van der Waals surface area contributed by atoms with Crippen molar-refractivity contribution >= 4 is 5.69 Å². The molecule has 2 aliphatic rings. The zero-order valence-corrected chi connectivity index (χ0v) is 19.9. The summed E-state index contributed by atoms with van der Waals surface area (Å²) < 4.78 is 19.5. The Balaban J connectivity index is 1.27. The molecular formula is C29H33FN2O3. The fraction of sp³-hybridized carbons (Fsp3) is 0.379. The van der Waals surface area contributed by atoms with Crippen LogP contribution in [0.15, 0.2) is 66.7 Å². The number of nitrogens with zero attached hydrogens (tertiary/aromatic N) is 2. The molecule has 0 aliphatic carbocycles. The van der Waals surface area contributed by atoms with E-state index in [9.17, 15) is 14.6 Å². The number of hydrogen-bond acceptors (Lipinski definition) is 5. The molecule has 6 heteroatoms. The summed E-state index contributed by atoms with van der Waals surface area (Å²) in [7, 11) is 0. The van der Waals surface area contributed by atoms with Crippen LogP contribution in [0.4, 0.5) is 10.1 Å². The van der Waals surface area contributed by atoms with Crippen LogP contribution < -0.4 is 9.64 Å². The van der Waals surface area contributed by atoms with Crippen molar-refractivity contribution in [2.75, 3.05) is 37.7 Å². The van der Waals surface area contributed by atoms with Crippen LogP contribution in [0.25, 0.3) is 0 Å². The van der Waals surface area contributed by atoms with Crippen LogP contribution in [-0.4, -0.2) is 54.0 Å². The maximum Gasteiger partial charge on any atom is 0.123 e. The summed E-state index contributed by atoms with van der Waals surface area (Å²) in [6.45, 7) is 4.16. The molecule has 0 amide bonds. The lowest BCUT2D eigenvalue weighted by Crippen LogP contribution is -2.38. The molecule has 2 heterocycles. The van der Waals surface area contributed by atoms with Crippen LogP contribution in [0.2, 0.25) is 0 Å². The summed E-state index contributed by atoms with van der Waals surface area (Å²) in [5.41, 5.74) is 4.56. The van der Waals surface area contributed by atoms with Crippen LogP contribution in [0, 0.1) is 5.82 Å². The molecule has 5 rings (SSSR count). The maximum absolute atomic E-state index is 13.6. The highest BCUT2D eigenvalue weighted by Gasteiger charge is 2.28. The third-order valence-electron chi connectivity index (χ3n) is 7.23. The predicted octanol–water partition coefficient (Wildman–Crippen LogP) is 4.71. The van der Waals surface area contributed by atoms with Gasteiger partial charge in [0, 0.05) is 31.9 Å². The quantitative estimate of drug-likeness (QED) is 0.517. The zero-order valence-electron chi connectivity index (χ0n) is 19.9. The summed E-state index contributed by atoms with van der Waals surface area (Å²) in [5.74, 6) is 0.913. The van der Waals surface area contributed by atoms with E-state index < -0.39 is 0 Å². The lowest BCUT2D eigenvalue weighted by molar-refractivity contribution is 0.0755. The van der Waals surface area contributed by atoms with Gasteiger partial charge in [-0.3, -0.25) is 4.90 Å². The Hall–Kier alpha value is -3.09. The van der Waals surface area contributed by atoms with Gasteiger partial charge < -0.3 is 19.8 Å². The Bertz CT molecular complexity index is 1110. The number of aliphatic hydroxyl groups is 1. The van der Waals surface area contributed by atoms with E-state index in [0.717, 1.165) is 63.3 Å². The summed E-state index contributed by atoms with van der Waals surface area (Å²) in [5, 5.41) is 19.6. The first-order chi connectivity index (χ1) is 17.0. The highest BCUT2D eigenvalue weighted by atomic mass is 19.1. The van der Waals surface area contributed by atoms with Crippen LogP contribution in [0.1, 0.15) is 35.6 Å². The molecule has 5 nitrogen and oxygen atoms in total. The van der Waals surface area contributed by atoms with Gasteiger partial charge in [0.05, 0.1) is 12.1 Å². The normalized spacial score (nSPS) is 18.9. The fourth-order valence-corrected chi connectivity index (χ4v) is 5.24. The first-order valence-corrected chi connectivity index (χ1v) is 12.5. The number of hydrogen-bond donors (Lipinski definition) is 2.